The largest absolute Gasteiger partial charge is 0.459 e. The van der Waals surface area contributed by atoms with E-state index >= 15 is 0 Å². The molecule has 0 unspecified atom stereocenters. The Balaban J connectivity index is 1.30. The Morgan fingerprint density at radius 1 is 0.745 bits per heavy atom. The molecule has 55 heavy (non-hydrogen) atoms. The Morgan fingerprint density at radius 2 is 1.27 bits per heavy atom. The van der Waals surface area contributed by atoms with Gasteiger partial charge in [0.05, 0.1) is 55.1 Å². The van der Waals surface area contributed by atoms with Gasteiger partial charge in [0.1, 0.15) is 18.8 Å². The lowest BCUT2D eigenvalue weighted by Gasteiger charge is -2.47. The molecule has 2 aliphatic rings. The van der Waals surface area contributed by atoms with Gasteiger partial charge in [0.15, 0.2) is 18.5 Å². The zero-order chi connectivity index (χ0) is 39.2. The van der Waals surface area contributed by atoms with E-state index in [9.17, 15) is 34.2 Å². The minimum absolute atomic E-state index is 0.0128. The van der Waals surface area contributed by atoms with Crippen LogP contribution in [0.15, 0.2) is 91.0 Å². The summed E-state index contributed by atoms with van der Waals surface area (Å²) < 4.78 is 35.5. The minimum atomic E-state index is -1.41. The molecule has 294 valence electrons. The molecular weight excluding hydrogens is 718 g/mol. The maximum Gasteiger partial charge on any atom is 0.338 e. The van der Waals surface area contributed by atoms with Crippen molar-refractivity contribution in [2.75, 3.05) is 59.3 Å². The molecule has 5 atom stereocenters. The lowest BCUT2D eigenvalue weighted by molar-refractivity contribution is -0.270. The van der Waals surface area contributed by atoms with Crippen LogP contribution in [0.3, 0.4) is 0 Å². The quantitative estimate of drug-likeness (QED) is 0.0876. The lowest BCUT2D eigenvalue weighted by Crippen LogP contribution is -2.66. The van der Waals surface area contributed by atoms with Crippen molar-refractivity contribution in [2.24, 2.45) is 5.41 Å². The third-order valence-corrected chi connectivity index (χ3v) is 8.95. The Hall–Kier alpha value is -5.39. The highest BCUT2D eigenvalue weighted by atomic mass is 16.7. The summed E-state index contributed by atoms with van der Waals surface area (Å²) in [6.07, 6.45) is -5.39. The first kappa shape index (κ1) is 40.8. The van der Waals surface area contributed by atoms with Gasteiger partial charge in [-0.05, 0) is 36.4 Å². The van der Waals surface area contributed by atoms with Crippen LogP contribution in [0, 0.1) is 5.41 Å². The summed E-state index contributed by atoms with van der Waals surface area (Å²) in [6.45, 7) is 1.000. The molecule has 2 fully saturated rings. The Bertz CT molecular complexity index is 1720. The summed E-state index contributed by atoms with van der Waals surface area (Å²) in [6, 6.07) is 22.8. The summed E-state index contributed by atoms with van der Waals surface area (Å²) >= 11 is 0. The molecule has 0 aliphatic carbocycles. The molecule has 3 amide bonds. The molecule has 0 radical (unpaired) electrons. The number of hydrogen-bond acceptors (Lipinski definition) is 13. The number of hydrogen-bond donors (Lipinski definition) is 4. The fourth-order valence-corrected chi connectivity index (χ4v) is 6.02. The summed E-state index contributed by atoms with van der Waals surface area (Å²) in [7, 11) is 0. The number of amides is 3. The third kappa shape index (κ3) is 11.1. The van der Waals surface area contributed by atoms with E-state index in [1.54, 1.807) is 66.7 Å². The van der Waals surface area contributed by atoms with Crippen LogP contribution >= 0.6 is 0 Å². The molecule has 16 nitrogen and oxygen atoms in total. The highest BCUT2D eigenvalue weighted by molar-refractivity contribution is 5.91. The smallest absolute Gasteiger partial charge is 0.338 e. The number of aliphatic hydroxyl groups is 2. The van der Waals surface area contributed by atoms with E-state index in [2.05, 4.69) is 10.6 Å². The van der Waals surface area contributed by atoms with Crippen LogP contribution in [0.25, 0.3) is 0 Å². The van der Waals surface area contributed by atoms with Crippen molar-refractivity contribution in [3.8, 4) is 0 Å². The summed E-state index contributed by atoms with van der Waals surface area (Å²) in [5.41, 5.74) is -0.0589. The van der Waals surface area contributed by atoms with Crippen LogP contribution in [0.4, 0.5) is 4.79 Å². The standard InChI is InChI=1S/C39H45N3O13/c1-26(45)41-31-33(55-36(48)29-15-9-4-10-16-29)32(54-35(47)28-13-7-3-8-14-28)30(21-52-34(46)27-11-5-2-6-12-27)53-37(31)51-20-19-50-18-17-40-38(49)42-22-39(23-42,24-43)25-44/h2-16,30-33,37,43-44H,17-25H2,1H3,(H,40,49)(H,41,45)/t30-,31-,32+,33-,37-/m0/s1. The molecule has 0 aromatic heterocycles. The number of rotatable bonds is 17. The molecule has 4 N–H and O–H groups in total. The predicted molar refractivity (Wildman–Crippen MR) is 193 cm³/mol. The number of urea groups is 1. The van der Waals surface area contributed by atoms with Gasteiger partial charge in [-0.3, -0.25) is 4.79 Å². The molecule has 2 aliphatic heterocycles. The molecular formula is C39H45N3O13. The van der Waals surface area contributed by atoms with Crippen LogP contribution in [-0.4, -0.2) is 135 Å². The third-order valence-electron chi connectivity index (χ3n) is 8.95. The summed E-state index contributed by atoms with van der Waals surface area (Å²) in [5.74, 6) is -2.79. The van der Waals surface area contributed by atoms with Gasteiger partial charge >= 0.3 is 23.9 Å². The van der Waals surface area contributed by atoms with E-state index in [1.165, 1.54) is 36.1 Å². The highest BCUT2D eigenvalue weighted by Gasteiger charge is 2.52. The Morgan fingerprint density at radius 3 is 1.80 bits per heavy atom. The monoisotopic (exact) mass is 763 g/mol. The number of carbonyl (C=O) groups is 5. The average molecular weight is 764 g/mol. The highest BCUT2D eigenvalue weighted by Crippen LogP contribution is 2.30. The first-order chi connectivity index (χ1) is 26.6. The van der Waals surface area contributed by atoms with Crippen molar-refractivity contribution >= 4 is 29.8 Å². The maximum absolute atomic E-state index is 13.5. The average Bonchev–Trinajstić information content (AvgIpc) is 3.19. The van der Waals surface area contributed by atoms with Gasteiger partial charge in [0.25, 0.3) is 0 Å². The molecule has 0 bridgehead atoms. The first-order valence-corrected chi connectivity index (χ1v) is 17.7. The molecule has 0 spiro atoms. The van der Waals surface area contributed by atoms with E-state index in [0.717, 1.165) is 0 Å². The second kappa shape index (κ2) is 19.8. The van der Waals surface area contributed by atoms with Gasteiger partial charge in [-0.15, -0.1) is 0 Å². The van der Waals surface area contributed by atoms with Gasteiger partial charge in [0.2, 0.25) is 5.91 Å². The molecule has 5 rings (SSSR count). The molecule has 16 heteroatoms. The maximum atomic E-state index is 13.5. The van der Waals surface area contributed by atoms with Crippen LogP contribution in [0.5, 0.6) is 0 Å². The SMILES string of the molecule is CC(=O)N[C@@H]1[C@@H](OCCOCCNC(=O)N2CC(CO)(CO)C2)O[C@@H](COC(=O)c2ccccc2)[C@@H](OC(=O)c2ccccc2)[C@H]1OC(=O)c1ccccc1. The topological polar surface area (TPSA) is 208 Å². The van der Waals surface area contributed by atoms with Crippen LogP contribution in [0.2, 0.25) is 0 Å². The number of benzene rings is 3. The second-order valence-corrected chi connectivity index (χ2v) is 13.1. The normalized spacial score (nSPS) is 21.4. The van der Waals surface area contributed by atoms with Crippen LogP contribution in [0.1, 0.15) is 38.0 Å². The zero-order valence-electron chi connectivity index (χ0n) is 30.2. The van der Waals surface area contributed by atoms with Gasteiger partial charge in [0, 0.05) is 26.6 Å². The molecule has 3 aromatic rings. The van der Waals surface area contributed by atoms with Crippen LogP contribution in [-0.2, 0) is 33.2 Å². The zero-order valence-corrected chi connectivity index (χ0v) is 30.2. The molecule has 2 heterocycles. The minimum Gasteiger partial charge on any atom is -0.459 e. The Kier molecular flexibility index (Phi) is 14.7. The van der Waals surface area contributed by atoms with Crippen molar-refractivity contribution < 1.29 is 62.6 Å². The van der Waals surface area contributed by atoms with Crippen molar-refractivity contribution in [1.29, 1.82) is 0 Å². The van der Waals surface area contributed by atoms with E-state index in [1.807, 2.05) is 0 Å². The number of esters is 3. The number of nitrogens with zero attached hydrogens (tertiary/aromatic N) is 1. The number of ether oxygens (including phenoxy) is 6. The van der Waals surface area contributed by atoms with Crippen molar-refractivity contribution in [3.05, 3.63) is 108 Å². The van der Waals surface area contributed by atoms with E-state index < -0.39 is 66.5 Å². The first-order valence-electron chi connectivity index (χ1n) is 17.7. The second-order valence-electron chi connectivity index (χ2n) is 13.1. The van der Waals surface area contributed by atoms with E-state index in [4.69, 9.17) is 28.4 Å². The number of nitrogens with one attached hydrogen (secondary N) is 2. The van der Waals surface area contributed by atoms with E-state index in [-0.39, 0.29) is 75.4 Å². The van der Waals surface area contributed by atoms with Crippen molar-refractivity contribution in [3.63, 3.8) is 0 Å². The van der Waals surface area contributed by atoms with Gasteiger partial charge in [-0.25, -0.2) is 19.2 Å². The van der Waals surface area contributed by atoms with Gasteiger partial charge in [-0.2, -0.15) is 0 Å². The lowest BCUT2D eigenvalue weighted by atomic mass is 9.82. The Labute approximate surface area is 317 Å². The van der Waals surface area contributed by atoms with Crippen LogP contribution < -0.4 is 10.6 Å². The molecule has 3 aromatic carbocycles. The van der Waals surface area contributed by atoms with Gasteiger partial charge < -0.3 is 54.2 Å². The summed E-state index contributed by atoms with van der Waals surface area (Å²) in [4.78, 5) is 66.4. The number of aliphatic hydroxyl groups excluding tert-OH is 2. The number of carbonyl (C=O) groups excluding carboxylic acids is 5. The predicted octanol–water partition coefficient (Wildman–Crippen LogP) is 1.55. The number of likely N-dealkylation sites (tertiary alicyclic amines) is 1. The fourth-order valence-electron chi connectivity index (χ4n) is 6.02. The fraction of sp³-hybridized carbons (Fsp3) is 0.410. The van der Waals surface area contributed by atoms with E-state index in [0.29, 0.717) is 0 Å². The van der Waals surface area contributed by atoms with Crippen molar-refractivity contribution in [2.45, 2.75) is 37.6 Å². The van der Waals surface area contributed by atoms with Gasteiger partial charge in [-0.1, -0.05) is 54.6 Å². The summed E-state index contributed by atoms with van der Waals surface area (Å²) in [5, 5.41) is 24.3. The van der Waals surface area contributed by atoms with Crippen molar-refractivity contribution in [1.82, 2.24) is 15.5 Å². The molecule has 0 saturated carbocycles. The molecule has 2 saturated heterocycles.